The number of nitrogens with two attached hydrogens (primary N) is 1. The molecule has 4 N–H and O–H groups in total. The molecule has 2 heterocycles. The van der Waals surface area contributed by atoms with Gasteiger partial charge in [0.15, 0.2) is 0 Å². The van der Waals surface area contributed by atoms with Crippen LogP contribution >= 0.6 is 11.3 Å². The molecule has 15 heavy (non-hydrogen) atoms. The highest BCUT2D eigenvalue weighted by Gasteiger charge is 2.11. The van der Waals surface area contributed by atoms with E-state index in [0.717, 1.165) is 11.3 Å². The van der Waals surface area contributed by atoms with Gasteiger partial charge in [0.25, 0.3) is 5.91 Å². The second-order valence-electron chi connectivity index (χ2n) is 2.56. The lowest BCUT2D eigenvalue weighted by Crippen LogP contribution is -2.23. The number of hydrogen-bond acceptors (Lipinski definition) is 7. The van der Waals surface area contributed by atoms with E-state index in [1.807, 2.05) is 0 Å². The van der Waals surface area contributed by atoms with Crippen LogP contribution in [0.1, 0.15) is 15.6 Å². The molecular weight excluding hydrogens is 218 g/mol. The molecule has 8 nitrogen and oxygen atoms in total. The number of aromatic amines is 1. The van der Waals surface area contributed by atoms with E-state index in [9.17, 15) is 4.79 Å². The van der Waals surface area contributed by atoms with Crippen LogP contribution in [-0.4, -0.2) is 31.3 Å². The molecule has 0 aromatic carbocycles. The molecule has 78 valence electrons. The molecule has 2 aromatic heterocycles. The maximum atomic E-state index is 11.4. The van der Waals surface area contributed by atoms with Gasteiger partial charge in [0.1, 0.15) is 12.2 Å². The maximum Gasteiger partial charge on any atom is 0.282 e. The topological polar surface area (TPSA) is 122 Å². The summed E-state index contributed by atoms with van der Waals surface area (Å²) in [5.41, 5.74) is 5.34. The molecule has 0 aliphatic rings. The van der Waals surface area contributed by atoms with Gasteiger partial charge < -0.3 is 11.1 Å². The van der Waals surface area contributed by atoms with Crippen LogP contribution in [0, 0.1) is 0 Å². The summed E-state index contributed by atoms with van der Waals surface area (Å²) < 4.78 is 0. The van der Waals surface area contributed by atoms with Crippen LogP contribution in [0.3, 0.4) is 0 Å². The number of amides is 1. The molecule has 0 fully saturated rings. The van der Waals surface area contributed by atoms with Crippen LogP contribution in [0.25, 0.3) is 0 Å². The van der Waals surface area contributed by atoms with Crippen molar-refractivity contribution in [2.45, 2.75) is 6.54 Å². The monoisotopic (exact) mass is 225 g/mol. The number of rotatable bonds is 3. The Morgan fingerprint density at radius 1 is 1.60 bits per heavy atom. The van der Waals surface area contributed by atoms with Gasteiger partial charge >= 0.3 is 0 Å². The number of carbonyl (C=O) groups excluding carboxylic acids is 1. The van der Waals surface area contributed by atoms with Crippen LogP contribution in [0.4, 0.5) is 5.13 Å². The molecule has 2 aromatic rings. The van der Waals surface area contributed by atoms with E-state index >= 15 is 0 Å². The highest BCUT2D eigenvalue weighted by molar-refractivity contribution is 7.16. The van der Waals surface area contributed by atoms with Crippen molar-refractivity contribution >= 4 is 22.4 Å². The Balaban J connectivity index is 1.93. The van der Waals surface area contributed by atoms with Gasteiger partial charge in [-0.05, 0) is 0 Å². The van der Waals surface area contributed by atoms with Gasteiger partial charge in [0.05, 0.1) is 6.54 Å². The molecule has 0 saturated heterocycles. The normalized spacial score (nSPS) is 10.1. The Kier molecular flexibility index (Phi) is 2.54. The van der Waals surface area contributed by atoms with Gasteiger partial charge in [0, 0.05) is 0 Å². The Morgan fingerprint density at radius 3 is 3.07 bits per heavy atom. The molecule has 0 atom stereocenters. The number of nitrogens with one attached hydrogen (secondary N) is 2. The number of nitrogens with zero attached hydrogens (tertiary/aromatic N) is 4. The van der Waals surface area contributed by atoms with E-state index in [1.165, 1.54) is 6.33 Å². The third kappa shape index (κ3) is 2.26. The summed E-state index contributed by atoms with van der Waals surface area (Å²) in [4.78, 5) is 15.3. The minimum absolute atomic E-state index is 0.229. The van der Waals surface area contributed by atoms with Gasteiger partial charge in [-0.1, -0.05) is 11.3 Å². The van der Waals surface area contributed by atoms with Crippen molar-refractivity contribution in [3.05, 3.63) is 17.2 Å². The molecule has 0 aliphatic carbocycles. The van der Waals surface area contributed by atoms with Gasteiger partial charge in [0.2, 0.25) is 10.1 Å². The zero-order valence-corrected chi connectivity index (χ0v) is 8.28. The first-order chi connectivity index (χ1) is 7.25. The molecule has 0 spiro atoms. The summed E-state index contributed by atoms with van der Waals surface area (Å²) in [6, 6.07) is 0. The quantitative estimate of drug-likeness (QED) is 0.626. The molecule has 0 radical (unpaired) electrons. The number of H-pyrrole nitrogens is 1. The fourth-order valence-electron chi connectivity index (χ4n) is 0.882. The number of nitrogen functional groups attached to an aromatic ring is 1. The third-order valence-electron chi connectivity index (χ3n) is 1.52. The van der Waals surface area contributed by atoms with Crippen LogP contribution in [0.15, 0.2) is 6.33 Å². The molecule has 2 rings (SSSR count). The van der Waals surface area contributed by atoms with Crippen molar-refractivity contribution in [1.82, 2.24) is 30.7 Å². The fourth-order valence-corrected chi connectivity index (χ4v) is 1.41. The van der Waals surface area contributed by atoms with Crippen LogP contribution < -0.4 is 11.1 Å². The maximum absolute atomic E-state index is 11.4. The molecule has 0 unspecified atom stereocenters. The molecule has 0 saturated carbocycles. The van der Waals surface area contributed by atoms with Gasteiger partial charge in [-0.2, -0.15) is 5.10 Å². The van der Waals surface area contributed by atoms with Crippen molar-refractivity contribution in [2.24, 2.45) is 0 Å². The van der Waals surface area contributed by atoms with Gasteiger partial charge in [-0.3, -0.25) is 9.89 Å². The lowest BCUT2D eigenvalue weighted by atomic mass is 10.5. The number of anilines is 1. The molecule has 0 bridgehead atoms. The largest absolute Gasteiger partial charge is 0.374 e. The zero-order chi connectivity index (χ0) is 10.7. The zero-order valence-electron chi connectivity index (χ0n) is 7.47. The smallest absolute Gasteiger partial charge is 0.282 e. The van der Waals surface area contributed by atoms with Crippen LogP contribution in [0.2, 0.25) is 0 Å². The third-order valence-corrected chi connectivity index (χ3v) is 2.27. The van der Waals surface area contributed by atoms with Crippen molar-refractivity contribution in [3.63, 3.8) is 0 Å². The van der Waals surface area contributed by atoms with E-state index in [-0.39, 0.29) is 22.6 Å². The first-order valence-electron chi connectivity index (χ1n) is 3.97. The molecule has 1 amide bonds. The number of aromatic nitrogens is 5. The van der Waals surface area contributed by atoms with Crippen molar-refractivity contribution < 1.29 is 4.79 Å². The average molecular weight is 225 g/mol. The summed E-state index contributed by atoms with van der Waals surface area (Å²) in [7, 11) is 0. The summed E-state index contributed by atoms with van der Waals surface area (Å²) in [6.45, 7) is 0.262. The predicted octanol–water partition coefficient (Wildman–Crippen LogP) is -0.832. The van der Waals surface area contributed by atoms with E-state index < -0.39 is 0 Å². The summed E-state index contributed by atoms with van der Waals surface area (Å²) in [5, 5.41) is 16.5. The fraction of sp³-hybridized carbons (Fsp3) is 0.167. The van der Waals surface area contributed by atoms with E-state index in [1.54, 1.807) is 0 Å². The Morgan fingerprint density at radius 2 is 2.47 bits per heavy atom. The first kappa shape index (κ1) is 9.52. The summed E-state index contributed by atoms with van der Waals surface area (Å²) in [5.74, 6) is 0.237. The van der Waals surface area contributed by atoms with Crippen molar-refractivity contribution in [3.8, 4) is 0 Å². The molecule has 9 heteroatoms. The Labute approximate surface area is 87.9 Å². The lowest BCUT2D eigenvalue weighted by molar-refractivity contribution is 0.0949. The number of carbonyl (C=O) groups is 1. The second kappa shape index (κ2) is 4.00. The first-order valence-corrected chi connectivity index (χ1v) is 4.79. The standard InChI is InChI=1S/C6H7N7OS/c7-6-13-12-5(15-6)4(14)8-1-3-9-2-10-11-3/h2H,1H2,(H2,7,13)(H,8,14)(H,9,10,11). The highest BCUT2D eigenvalue weighted by Crippen LogP contribution is 2.10. The SMILES string of the molecule is Nc1nnc(C(=O)NCc2ncn[nH]2)s1. The predicted molar refractivity (Wildman–Crippen MR) is 51.9 cm³/mol. The van der Waals surface area contributed by atoms with Gasteiger partial charge in [-0.15, -0.1) is 10.2 Å². The second-order valence-corrected chi connectivity index (χ2v) is 3.57. The van der Waals surface area contributed by atoms with Gasteiger partial charge in [-0.25, -0.2) is 4.98 Å². The Hall–Kier alpha value is -2.03. The summed E-state index contributed by atoms with van der Waals surface area (Å²) in [6.07, 6.45) is 1.37. The lowest BCUT2D eigenvalue weighted by Gasteiger charge is -1.97. The van der Waals surface area contributed by atoms with E-state index in [4.69, 9.17) is 5.73 Å². The number of hydrogen-bond donors (Lipinski definition) is 3. The van der Waals surface area contributed by atoms with E-state index in [2.05, 4.69) is 30.7 Å². The highest BCUT2D eigenvalue weighted by atomic mass is 32.1. The van der Waals surface area contributed by atoms with Crippen molar-refractivity contribution in [2.75, 3.05) is 5.73 Å². The van der Waals surface area contributed by atoms with Crippen LogP contribution in [0.5, 0.6) is 0 Å². The molecule has 0 aliphatic heterocycles. The minimum Gasteiger partial charge on any atom is -0.374 e. The minimum atomic E-state index is -0.333. The molecular formula is C6H7N7OS. The Bertz CT molecular complexity index is 450. The summed E-state index contributed by atoms with van der Waals surface area (Å²) >= 11 is 1.03. The average Bonchev–Trinajstić information content (AvgIpc) is 2.84. The van der Waals surface area contributed by atoms with Crippen molar-refractivity contribution in [1.29, 1.82) is 0 Å². The van der Waals surface area contributed by atoms with E-state index in [0.29, 0.717) is 5.82 Å². The van der Waals surface area contributed by atoms with Crippen LogP contribution in [-0.2, 0) is 6.54 Å².